The molecule has 1 aliphatic heterocycles. The fourth-order valence-electron chi connectivity index (χ4n) is 2.09. The van der Waals surface area contributed by atoms with E-state index in [1.54, 1.807) is 0 Å². The smallest absolute Gasteiger partial charge is 0.0128 e. The molecule has 0 aliphatic carbocycles. The van der Waals surface area contributed by atoms with Crippen LogP contribution >= 0.6 is 0 Å². The van der Waals surface area contributed by atoms with Gasteiger partial charge in [0.15, 0.2) is 0 Å². The Kier molecular flexibility index (Phi) is 3.57. The lowest BCUT2D eigenvalue weighted by atomic mass is 10.0. The molecule has 1 fully saturated rings. The highest BCUT2D eigenvalue weighted by Crippen LogP contribution is 2.24. The van der Waals surface area contributed by atoms with Gasteiger partial charge in [0.1, 0.15) is 0 Å². The van der Waals surface area contributed by atoms with Crippen molar-refractivity contribution in [2.24, 2.45) is 0 Å². The Morgan fingerprint density at radius 1 is 1.33 bits per heavy atom. The number of hydrogen-bond donors (Lipinski definition) is 1. The summed E-state index contributed by atoms with van der Waals surface area (Å²) in [5, 5.41) is 3.69. The van der Waals surface area contributed by atoms with Gasteiger partial charge in [-0.05, 0) is 33.1 Å². The van der Waals surface area contributed by atoms with Crippen molar-refractivity contribution in [3.05, 3.63) is 0 Å². The van der Waals surface area contributed by atoms with Crippen LogP contribution in [0.3, 0.4) is 0 Å². The van der Waals surface area contributed by atoms with Crippen molar-refractivity contribution in [3.8, 4) is 0 Å². The third kappa shape index (κ3) is 3.14. The Bertz CT molecular complexity index is 129. The van der Waals surface area contributed by atoms with Crippen LogP contribution in [0.5, 0.6) is 0 Å². The van der Waals surface area contributed by atoms with Crippen LogP contribution in [0.2, 0.25) is 0 Å². The van der Waals surface area contributed by atoms with Gasteiger partial charge in [-0.1, -0.05) is 26.2 Å². The Hall–Kier alpha value is -0.0400. The summed E-state index contributed by atoms with van der Waals surface area (Å²) in [5.74, 6) is 0. The molecule has 72 valence electrons. The van der Waals surface area contributed by atoms with Crippen molar-refractivity contribution in [2.45, 2.75) is 70.9 Å². The summed E-state index contributed by atoms with van der Waals surface area (Å²) in [6.07, 6.45) is 8.27. The minimum Gasteiger partial charge on any atom is -0.309 e. The number of rotatable bonds is 4. The molecule has 1 aliphatic rings. The summed E-state index contributed by atoms with van der Waals surface area (Å²) in [5.41, 5.74) is 0.414. The largest absolute Gasteiger partial charge is 0.309 e. The van der Waals surface area contributed by atoms with E-state index in [4.69, 9.17) is 0 Å². The predicted molar refractivity (Wildman–Crippen MR) is 54.4 cm³/mol. The van der Waals surface area contributed by atoms with E-state index >= 15 is 0 Å². The van der Waals surface area contributed by atoms with Gasteiger partial charge in [-0.25, -0.2) is 0 Å². The van der Waals surface area contributed by atoms with Gasteiger partial charge in [-0.3, -0.25) is 0 Å². The van der Waals surface area contributed by atoms with Crippen LogP contribution in [0.15, 0.2) is 0 Å². The SMILES string of the molecule is CCCCCC1CCC(C)(C)N1. The van der Waals surface area contributed by atoms with Crippen LogP contribution in [0.4, 0.5) is 0 Å². The fraction of sp³-hybridized carbons (Fsp3) is 1.00. The van der Waals surface area contributed by atoms with E-state index in [2.05, 4.69) is 26.1 Å². The first-order valence-electron chi connectivity index (χ1n) is 5.42. The Labute approximate surface area is 76.9 Å². The molecule has 1 heterocycles. The summed E-state index contributed by atoms with van der Waals surface area (Å²) in [6, 6.07) is 0.812. The Balaban J connectivity index is 2.11. The van der Waals surface area contributed by atoms with Gasteiger partial charge in [0.2, 0.25) is 0 Å². The van der Waals surface area contributed by atoms with Gasteiger partial charge in [-0.15, -0.1) is 0 Å². The molecule has 0 aromatic carbocycles. The third-order valence-electron chi connectivity index (χ3n) is 2.87. The highest BCUT2D eigenvalue weighted by Gasteiger charge is 2.28. The van der Waals surface area contributed by atoms with Crippen molar-refractivity contribution >= 4 is 0 Å². The first kappa shape index (κ1) is 10.0. The average Bonchev–Trinajstić information content (AvgIpc) is 2.31. The quantitative estimate of drug-likeness (QED) is 0.638. The van der Waals surface area contributed by atoms with Gasteiger partial charge in [0.05, 0.1) is 0 Å². The molecule has 0 bridgehead atoms. The van der Waals surface area contributed by atoms with Crippen LogP contribution in [-0.4, -0.2) is 11.6 Å². The van der Waals surface area contributed by atoms with Crippen molar-refractivity contribution in [1.82, 2.24) is 5.32 Å². The normalized spacial score (nSPS) is 27.8. The second-order valence-corrected chi connectivity index (χ2v) is 4.76. The number of nitrogens with one attached hydrogen (secondary N) is 1. The van der Waals surface area contributed by atoms with Crippen molar-refractivity contribution in [2.75, 3.05) is 0 Å². The molecule has 0 aromatic rings. The molecule has 1 N–H and O–H groups in total. The van der Waals surface area contributed by atoms with E-state index in [0.717, 1.165) is 6.04 Å². The molecule has 0 radical (unpaired) electrons. The maximum atomic E-state index is 3.69. The van der Waals surface area contributed by atoms with E-state index in [1.807, 2.05) is 0 Å². The summed E-state index contributed by atoms with van der Waals surface area (Å²) in [4.78, 5) is 0. The lowest BCUT2D eigenvalue weighted by Gasteiger charge is -2.19. The molecule has 1 atom stereocenters. The topological polar surface area (TPSA) is 12.0 Å². The lowest BCUT2D eigenvalue weighted by Crippen LogP contribution is -2.37. The molecule has 1 nitrogen and oxygen atoms in total. The molecule has 0 spiro atoms. The predicted octanol–water partition coefficient (Wildman–Crippen LogP) is 3.10. The molecule has 1 unspecified atom stereocenters. The second-order valence-electron chi connectivity index (χ2n) is 4.76. The van der Waals surface area contributed by atoms with Gasteiger partial charge >= 0.3 is 0 Å². The van der Waals surface area contributed by atoms with Crippen LogP contribution in [0.25, 0.3) is 0 Å². The standard InChI is InChI=1S/C11H23N/c1-4-5-6-7-10-8-9-11(2,3)12-10/h10,12H,4-9H2,1-3H3. The summed E-state index contributed by atoms with van der Waals surface area (Å²) < 4.78 is 0. The minimum absolute atomic E-state index is 0.414. The van der Waals surface area contributed by atoms with Crippen LogP contribution < -0.4 is 5.32 Å². The summed E-state index contributed by atoms with van der Waals surface area (Å²) >= 11 is 0. The van der Waals surface area contributed by atoms with Crippen LogP contribution in [-0.2, 0) is 0 Å². The molecular weight excluding hydrogens is 146 g/mol. The van der Waals surface area contributed by atoms with Crippen LogP contribution in [0.1, 0.15) is 59.3 Å². The molecule has 12 heavy (non-hydrogen) atoms. The molecule has 0 amide bonds. The molecule has 0 aromatic heterocycles. The maximum absolute atomic E-state index is 3.69. The first-order valence-corrected chi connectivity index (χ1v) is 5.42. The molecule has 1 saturated heterocycles. The Morgan fingerprint density at radius 2 is 2.08 bits per heavy atom. The van der Waals surface area contributed by atoms with E-state index in [0.29, 0.717) is 5.54 Å². The zero-order chi connectivity index (χ0) is 9.03. The fourth-order valence-corrected chi connectivity index (χ4v) is 2.09. The zero-order valence-electron chi connectivity index (χ0n) is 8.82. The van der Waals surface area contributed by atoms with Gasteiger partial charge < -0.3 is 5.32 Å². The number of unbranched alkanes of at least 4 members (excludes halogenated alkanes) is 2. The van der Waals surface area contributed by atoms with E-state index in [1.165, 1.54) is 38.5 Å². The van der Waals surface area contributed by atoms with E-state index in [-0.39, 0.29) is 0 Å². The van der Waals surface area contributed by atoms with Gasteiger partial charge in [-0.2, -0.15) is 0 Å². The van der Waals surface area contributed by atoms with Crippen molar-refractivity contribution < 1.29 is 0 Å². The monoisotopic (exact) mass is 169 g/mol. The van der Waals surface area contributed by atoms with Crippen molar-refractivity contribution in [1.29, 1.82) is 0 Å². The minimum atomic E-state index is 0.414. The molecular formula is C11H23N. The Morgan fingerprint density at radius 3 is 2.58 bits per heavy atom. The van der Waals surface area contributed by atoms with Crippen molar-refractivity contribution in [3.63, 3.8) is 0 Å². The summed E-state index contributed by atoms with van der Waals surface area (Å²) in [7, 11) is 0. The van der Waals surface area contributed by atoms with Gasteiger partial charge in [0.25, 0.3) is 0 Å². The van der Waals surface area contributed by atoms with E-state index in [9.17, 15) is 0 Å². The summed E-state index contributed by atoms with van der Waals surface area (Å²) in [6.45, 7) is 6.89. The molecule has 0 saturated carbocycles. The van der Waals surface area contributed by atoms with E-state index < -0.39 is 0 Å². The lowest BCUT2D eigenvalue weighted by molar-refractivity contribution is 0.412. The van der Waals surface area contributed by atoms with Crippen LogP contribution in [0, 0.1) is 0 Å². The highest BCUT2D eigenvalue weighted by molar-refractivity contribution is 4.90. The second kappa shape index (κ2) is 4.27. The first-order chi connectivity index (χ1) is 5.64. The maximum Gasteiger partial charge on any atom is 0.0128 e. The highest BCUT2D eigenvalue weighted by atomic mass is 15.0. The molecule has 1 heteroatoms. The average molecular weight is 169 g/mol. The zero-order valence-corrected chi connectivity index (χ0v) is 8.82. The van der Waals surface area contributed by atoms with Gasteiger partial charge in [0, 0.05) is 11.6 Å². The number of hydrogen-bond acceptors (Lipinski definition) is 1. The third-order valence-corrected chi connectivity index (χ3v) is 2.87. The molecule has 1 rings (SSSR count).